The summed E-state index contributed by atoms with van der Waals surface area (Å²) in [4.78, 5) is 10.5. The first-order valence-corrected chi connectivity index (χ1v) is 4.07. The SMILES string of the molecule is C=C(C)c1c(O)c(F)c(F)c(C(=O)O)c1F. The lowest BCUT2D eigenvalue weighted by atomic mass is 10.0. The summed E-state index contributed by atoms with van der Waals surface area (Å²) in [6.07, 6.45) is 0. The molecule has 6 heteroatoms. The van der Waals surface area contributed by atoms with E-state index in [-0.39, 0.29) is 5.57 Å². The standard InChI is InChI=1S/C10H7F3O3/c1-3(2)4-6(11)5(10(15)16)7(12)8(13)9(4)14/h14H,1H2,2H3,(H,15,16). The van der Waals surface area contributed by atoms with Crippen molar-refractivity contribution in [1.82, 2.24) is 0 Å². The molecule has 0 fully saturated rings. The Labute approximate surface area is 88.4 Å². The van der Waals surface area contributed by atoms with Crippen LogP contribution in [0.15, 0.2) is 6.58 Å². The summed E-state index contributed by atoms with van der Waals surface area (Å²) < 4.78 is 39.6. The molecule has 0 radical (unpaired) electrons. The van der Waals surface area contributed by atoms with Gasteiger partial charge in [0.15, 0.2) is 17.4 Å². The number of hydrogen-bond acceptors (Lipinski definition) is 2. The Balaban J connectivity index is 3.80. The molecule has 0 saturated carbocycles. The average molecular weight is 232 g/mol. The van der Waals surface area contributed by atoms with Crippen molar-refractivity contribution in [1.29, 1.82) is 0 Å². The minimum Gasteiger partial charge on any atom is -0.504 e. The van der Waals surface area contributed by atoms with Crippen LogP contribution in [-0.2, 0) is 0 Å². The molecule has 1 aromatic rings. The fourth-order valence-corrected chi connectivity index (χ4v) is 1.23. The summed E-state index contributed by atoms with van der Waals surface area (Å²) in [5.41, 5.74) is -2.30. The molecule has 0 aliphatic carbocycles. The number of carboxylic acid groups (broad SMARTS) is 1. The summed E-state index contributed by atoms with van der Waals surface area (Å²) in [5.74, 6) is -8.54. The van der Waals surface area contributed by atoms with Gasteiger partial charge in [-0.05, 0) is 12.5 Å². The summed E-state index contributed by atoms with van der Waals surface area (Å²) in [7, 11) is 0. The normalized spacial score (nSPS) is 10.2. The molecule has 0 spiro atoms. The topological polar surface area (TPSA) is 57.5 Å². The van der Waals surface area contributed by atoms with Gasteiger partial charge >= 0.3 is 5.97 Å². The Kier molecular flexibility index (Phi) is 2.93. The quantitative estimate of drug-likeness (QED) is 0.770. The molecule has 1 rings (SSSR count). The van der Waals surface area contributed by atoms with Crippen molar-refractivity contribution in [3.05, 3.63) is 35.2 Å². The number of allylic oxidation sites excluding steroid dienone is 1. The third-order valence-electron chi connectivity index (χ3n) is 1.94. The minimum absolute atomic E-state index is 0.114. The third-order valence-corrected chi connectivity index (χ3v) is 1.94. The largest absolute Gasteiger partial charge is 0.504 e. The molecule has 0 aliphatic heterocycles. The van der Waals surface area contributed by atoms with Crippen molar-refractivity contribution in [3.63, 3.8) is 0 Å². The molecule has 0 saturated heterocycles. The van der Waals surface area contributed by atoms with Gasteiger partial charge in [0.1, 0.15) is 5.56 Å². The monoisotopic (exact) mass is 232 g/mol. The van der Waals surface area contributed by atoms with Crippen LogP contribution in [0.1, 0.15) is 22.8 Å². The predicted octanol–water partition coefficient (Wildman–Crippen LogP) is 2.54. The third kappa shape index (κ3) is 1.62. The van der Waals surface area contributed by atoms with Gasteiger partial charge in [-0.1, -0.05) is 6.58 Å². The number of phenols is 1. The average Bonchev–Trinajstić information content (AvgIpc) is 2.13. The molecule has 1 aromatic carbocycles. The van der Waals surface area contributed by atoms with Gasteiger partial charge in [0, 0.05) is 0 Å². The molecule has 0 heterocycles. The Morgan fingerprint density at radius 3 is 2.00 bits per heavy atom. The number of carboxylic acids is 1. The Bertz CT molecular complexity index is 454. The molecule has 0 aromatic heterocycles. The van der Waals surface area contributed by atoms with E-state index in [1.54, 1.807) is 0 Å². The number of aromatic hydroxyl groups is 1. The fourth-order valence-electron chi connectivity index (χ4n) is 1.23. The second kappa shape index (κ2) is 3.88. The summed E-state index contributed by atoms with van der Waals surface area (Å²) >= 11 is 0. The highest BCUT2D eigenvalue weighted by Gasteiger charge is 2.28. The van der Waals surface area contributed by atoms with E-state index in [2.05, 4.69) is 6.58 Å². The van der Waals surface area contributed by atoms with Crippen LogP contribution in [0.3, 0.4) is 0 Å². The van der Waals surface area contributed by atoms with Crippen molar-refractivity contribution < 1.29 is 28.2 Å². The van der Waals surface area contributed by atoms with Gasteiger partial charge in [0.25, 0.3) is 0 Å². The number of hydrogen-bond donors (Lipinski definition) is 2. The minimum atomic E-state index is -1.96. The molecule has 0 amide bonds. The molecule has 16 heavy (non-hydrogen) atoms. The van der Waals surface area contributed by atoms with Crippen molar-refractivity contribution in [2.24, 2.45) is 0 Å². The molecule has 0 unspecified atom stereocenters. The Hall–Kier alpha value is -1.98. The molecule has 3 nitrogen and oxygen atoms in total. The van der Waals surface area contributed by atoms with E-state index in [1.165, 1.54) is 6.92 Å². The van der Waals surface area contributed by atoms with Crippen LogP contribution in [0, 0.1) is 17.5 Å². The maximum atomic E-state index is 13.5. The van der Waals surface area contributed by atoms with E-state index in [0.29, 0.717) is 0 Å². The van der Waals surface area contributed by atoms with Gasteiger partial charge in [0.05, 0.1) is 5.56 Å². The number of halogens is 3. The Morgan fingerprint density at radius 1 is 1.12 bits per heavy atom. The van der Waals surface area contributed by atoms with Crippen LogP contribution < -0.4 is 0 Å². The van der Waals surface area contributed by atoms with Crippen LogP contribution in [-0.4, -0.2) is 16.2 Å². The van der Waals surface area contributed by atoms with Crippen molar-refractivity contribution in [2.75, 3.05) is 0 Å². The van der Waals surface area contributed by atoms with Gasteiger partial charge in [-0.3, -0.25) is 0 Å². The summed E-state index contributed by atoms with van der Waals surface area (Å²) in [6, 6.07) is 0. The number of benzene rings is 1. The second-order valence-corrected chi connectivity index (χ2v) is 3.13. The summed E-state index contributed by atoms with van der Waals surface area (Å²) in [5, 5.41) is 17.6. The van der Waals surface area contributed by atoms with E-state index in [0.717, 1.165) is 0 Å². The van der Waals surface area contributed by atoms with Crippen LogP contribution in [0.25, 0.3) is 5.57 Å². The predicted molar refractivity (Wildman–Crippen MR) is 49.6 cm³/mol. The lowest BCUT2D eigenvalue weighted by Crippen LogP contribution is -2.09. The highest BCUT2D eigenvalue weighted by molar-refractivity contribution is 5.90. The Morgan fingerprint density at radius 2 is 1.62 bits per heavy atom. The van der Waals surface area contributed by atoms with E-state index in [1.807, 2.05) is 0 Å². The second-order valence-electron chi connectivity index (χ2n) is 3.13. The maximum Gasteiger partial charge on any atom is 0.341 e. The molecule has 0 atom stereocenters. The lowest BCUT2D eigenvalue weighted by molar-refractivity contribution is 0.0684. The zero-order valence-corrected chi connectivity index (χ0v) is 8.14. The van der Waals surface area contributed by atoms with E-state index >= 15 is 0 Å². The van der Waals surface area contributed by atoms with Crippen molar-refractivity contribution >= 4 is 11.5 Å². The van der Waals surface area contributed by atoms with Crippen LogP contribution >= 0.6 is 0 Å². The van der Waals surface area contributed by atoms with E-state index in [9.17, 15) is 18.0 Å². The van der Waals surface area contributed by atoms with Crippen LogP contribution in [0.5, 0.6) is 5.75 Å². The van der Waals surface area contributed by atoms with Gasteiger partial charge in [-0.15, -0.1) is 0 Å². The first kappa shape index (κ1) is 12.1. The molecule has 0 aliphatic rings. The van der Waals surface area contributed by atoms with E-state index in [4.69, 9.17) is 10.2 Å². The first-order chi connectivity index (χ1) is 7.29. The summed E-state index contributed by atoms with van der Waals surface area (Å²) in [6.45, 7) is 4.46. The van der Waals surface area contributed by atoms with Crippen molar-refractivity contribution in [3.8, 4) is 5.75 Å². The zero-order chi connectivity index (χ0) is 12.6. The number of rotatable bonds is 2. The molecular formula is C10H7F3O3. The number of aromatic carboxylic acids is 1. The fraction of sp³-hybridized carbons (Fsp3) is 0.100. The number of carbonyl (C=O) groups is 1. The zero-order valence-electron chi connectivity index (χ0n) is 8.14. The molecule has 0 bridgehead atoms. The molecule has 2 N–H and O–H groups in total. The van der Waals surface area contributed by atoms with Gasteiger partial charge in [0.2, 0.25) is 5.82 Å². The number of phenolic OH excluding ortho intramolecular Hbond substituents is 1. The van der Waals surface area contributed by atoms with Gasteiger partial charge in [-0.25, -0.2) is 13.6 Å². The smallest absolute Gasteiger partial charge is 0.341 e. The maximum absolute atomic E-state index is 13.5. The van der Waals surface area contributed by atoms with Gasteiger partial charge in [-0.2, -0.15) is 4.39 Å². The van der Waals surface area contributed by atoms with Crippen LogP contribution in [0.2, 0.25) is 0 Å². The van der Waals surface area contributed by atoms with Crippen LogP contribution in [0.4, 0.5) is 13.2 Å². The molecule has 86 valence electrons. The highest BCUT2D eigenvalue weighted by Crippen LogP contribution is 2.34. The highest BCUT2D eigenvalue weighted by atomic mass is 19.2. The first-order valence-electron chi connectivity index (χ1n) is 4.07. The van der Waals surface area contributed by atoms with E-state index < -0.39 is 40.3 Å². The lowest BCUT2D eigenvalue weighted by Gasteiger charge is -2.10. The van der Waals surface area contributed by atoms with Crippen molar-refractivity contribution in [2.45, 2.75) is 6.92 Å². The van der Waals surface area contributed by atoms with Gasteiger partial charge < -0.3 is 10.2 Å². The molecular weight excluding hydrogens is 225 g/mol.